The monoisotopic (exact) mass is 437 g/mol. The van der Waals surface area contributed by atoms with Crippen LogP contribution >= 0.6 is 0 Å². The van der Waals surface area contributed by atoms with E-state index >= 15 is 0 Å². The lowest BCUT2D eigenvalue weighted by Crippen LogP contribution is -1.94. The lowest BCUT2D eigenvalue weighted by molar-refractivity contribution is 1.13. The van der Waals surface area contributed by atoms with Gasteiger partial charge in [0.05, 0.1) is 16.6 Å². The van der Waals surface area contributed by atoms with E-state index in [4.69, 9.17) is 0 Å². The third kappa shape index (κ3) is 3.26. The highest BCUT2D eigenvalue weighted by molar-refractivity contribution is 6.20. The van der Waals surface area contributed by atoms with Gasteiger partial charge in [-0.2, -0.15) is 0 Å². The minimum absolute atomic E-state index is 1.10. The van der Waals surface area contributed by atoms with Crippen LogP contribution < -0.4 is 0 Å². The molecule has 2 heterocycles. The van der Waals surface area contributed by atoms with Crippen LogP contribution in [0, 0.1) is 0 Å². The molecule has 0 radical (unpaired) electrons. The maximum Gasteiger partial charge on any atom is 0.0628 e. The van der Waals surface area contributed by atoms with E-state index in [2.05, 4.69) is 124 Å². The summed E-state index contributed by atoms with van der Waals surface area (Å²) in [4.78, 5) is 4.16. The Bertz CT molecular complexity index is 1690. The summed E-state index contributed by atoms with van der Waals surface area (Å²) in [5.41, 5.74) is 7.05. The van der Waals surface area contributed by atoms with Gasteiger partial charge in [0.15, 0.2) is 0 Å². The summed E-state index contributed by atoms with van der Waals surface area (Å²) in [6, 6.07) is 34.5. The van der Waals surface area contributed by atoms with E-state index < -0.39 is 0 Å². The number of aliphatic imine (C=N–C) groups is 1. The van der Waals surface area contributed by atoms with Gasteiger partial charge in [-0.3, -0.25) is 4.99 Å². The highest BCUT2D eigenvalue weighted by Gasteiger charge is 2.17. The molecule has 3 nitrogen and oxygen atoms in total. The Kier molecular flexibility index (Phi) is 4.93. The number of hydrogen-bond acceptors (Lipinski definition) is 1. The Morgan fingerprint density at radius 1 is 0.706 bits per heavy atom. The average Bonchev–Trinajstić information content (AvgIpc) is 3.47. The van der Waals surface area contributed by atoms with Crippen molar-refractivity contribution in [1.82, 2.24) is 9.13 Å². The third-order valence-corrected chi connectivity index (χ3v) is 6.22. The van der Waals surface area contributed by atoms with Gasteiger partial charge in [-0.15, -0.1) is 0 Å². The van der Waals surface area contributed by atoms with Crippen LogP contribution in [0.4, 0.5) is 0 Å². The summed E-state index contributed by atoms with van der Waals surface area (Å²) in [5.74, 6) is 0. The van der Waals surface area contributed by atoms with Crippen LogP contribution in [0.2, 0.25) is 0 Å². The Labute approximate surface area is 198 Å². The molecule has 0 bridgehead atoms. The number of allylic oxidation sites excluding steroid dienone is 1. The van der Waals surface area contributed by atoms with E-state index in [1.807, 2.05) is 6.08 Å². The highest BCUT2D eigenvalue weighted by Crippen LogP contribution is 2.38. The van der Waals surface area contributed by atoms with Crippen molar-refractivity contribution in [2.24, 2.45) is 4.99 Å². The van der Waals surface area contributed by atoms with Crippen molar-refractivity contribution in [3.05, 3.63) is 128 Å². The molecule has 0 saturated carbocycles. The maximum atomic E-state index is 4.16. The van der Waals surface area contributed by atoms with E-state index in [0.29, 0.717) is 0 Å². The number of nitrogens with zero attached hydrogens (tertiary/aromatic N) is 3. The molecular formula is C31H23N3. The van der Waals surface area contributed by atoms with Crippen molar-refractivity contribution in [1.29, 1.82) is 0 Å². The second-order valence-corrected chi connectivity index (χ2v) is 8.21. The topological polar surface area (TPSA) is 22.2 Å². The molecule has 2 aromatic heterocycles. The molecule has 0 aliphatic carbocycles. The molecule has 0 saturated heterocycles. The molecule has 3 heteroatoms. The molecule has 0 aliphatic heterocycles. The van der Waals surface area contributed by atoms with Crippen LogP contribution in [0.5, 0.6) is 0 Å². The molecule has 4 aromatic carbocycles. The second-order valence-electron chi connectivity index (χ2n) is 8.21. The number of para-hydroxylation sites is 2. The highest BCUT2D eigenvalue weighted by atomic mass is 15.0. The average molecular weight is 438 g/mol. The molecule has 162 valence electrons. The summed E-state index contributed by atoms with van der Waals surface area (Å²) in [6.07, 6.45) is 9.28. The van der Waals surface area contributed by atoms with Gasteiger partial charge >= 0.3 is 0 Å². The van der Waals surface area contributed by atoms with Crippen molar-refractivity contribution >= 4 is 45.0 Å². The lowest BCUT2D eigenvalue weighted by Gasteiger charge is -2.09. The Morgan fingerprint density at radius 3 is 2.32 bits per heavy atom. The first-order chi connectivity index (χ1) is 16.8. The fourth-order valence-electron chi connectivity index (χ4n) is 4.74. The first kappa shape index (κ1) is 20.0. The van der Waals surface area contributed by atoms with Crippen LogP contribution in [-0.4, -0.2) is 15.3 Å². The van der Waals surface area contributed by atoms with Crippen LogP contribution in [-0.2, 0) is 0 Å². The zero-order valence-electron chi connectivity index (χ0n) is 18.7. The van der Waals surface area contributed by atoms with Gasteiger partial charge in [0.1, 0.15) is 0 Å². The Balaban J connectivity index is 1.58. The maximum absolute atomic E-state index is 4.16. The van der Waals surface area contributed by atoms with E-state index in [0.717, 1.165) is 11.3 Å². The van der Waals surface area contributed by atoms with Crippen LogP contribution in [0.1, 0.15) is 5.56 Å². The van der Waals surface area contributed by atoms with Crippen molar-refractivity contribution in [3.8, 4) is 11.4 Å². The zero-order chi connectivity index (χ0) is 22.9. The van der Waals surface area contributed by atoms with Gasteiger partial charge in [-0.1, -0.05) is 67.3 Å². The number of fused-ring (bicyclic) bond motifs is 5. The van der Waals surface area contributed by atoms with E-state index in [9.17, 15) is 0 Å². The predicted molar refractivity (Wildman–Crippen MR) is 145 cm³/mol. The minimum Gasteiger partial charge on any atom is -0.316 e. The quantitative estimate of drug-likeness (QED) is 0.244. The van der Waals surface area contributed by atoms with E-state index in [1.165, 1.54) is 38.4 Å². The van der Waals surface area contributed by atoms with Gasteiger partial charge in [-0.05, 0) is 54.1 Å². The molecule has 0 amide bonds. The molecule has 6 rings (SSSR count). The summed E-state index contributed by atoms with van der Waals surface area (Å²) in [5, 5.41) is 3.75. The van der Waals surface area contributed by atoms with Crippen molar-refractivity contribution in [2.45, 2.75) is 0 Å². The van der Waals surface area contributed by atoms with Crippen LogP contribution in [0.3, 0.4) is 0 Å². The lowest BCUT2D eigenvalue weighted by atomic mass is 10.1. The molecule has 6 aromatic rings. The van der Waals surface area contributed by atoms with Crippen LogP contribution in [0.15, 0.2) is 127 Å². The van der Waals surface area contributed by atoms with E-state index in [-0.39, 0.29) is 0 Å². The van der Waals surface area contributed by atoms with Gasteiger partial charge in [0.2, 0.25) is 0 Å². The number of rotatable bonds is 5. The van der Waals surface area contributed by atoms with Gasteiger partial charge in [-0.25, -0.2) is 0 Å². The molecule has 0 fully saturated rings. The first-order valence-corrected chi connectivity index (χ1v) is 11.3. The Hall–Kier alpha value is -4.63. The first-order valence-electron chi connectivity index (χ1n) is 11.3. The van der Waals surface area contributed by atoms with Crippen molar-refractivity contribution in [2.75, 3.05) is 0 Å². The van der Waals surface area contributed by atoms with Crippen molar-refractivity contribution in [3.63, 3.8) is 0 Å². The molecule has 0 spiro atoms. The molecule has 0 unspecified atom stereocenters. The molecular weight excluding hydrogens is 414 g/mol. The molecule has 0 N–H and O–H groups in total. The normalized spacial score (nSPS) is 12.0. The largest absolute Gasteiger partial charge is 0.316 e. The summed E-state index contributed by atoms with van der Waals surface area (Å²) < 4.78 is 4.65. The molecule has 0 aliphatic rings. The fraction of sp³-hybridized carbons (Fsp3) is 0. The minimum atomic E-state index is 1.10. The smallest absolute Gasteiger partial charge is 0.0628 e. The third-order valence-electron chi connectivity index (χ3n) is 6.22. The standard InChI is InChI=1S/C31H23N3/c1-2-20-32-21-18-23-12-15-25(16-13-23)33-22-19-24-14-17-29-30(31(24)33)27-10-6-7-11-28(27)34(29)26-8-4-3-5-9-26/h2-22H,1H2. The SMILES string of the molecule is C=CC=NC=Cc1ccc(-n2ccc3ccc4c(c5ccccc5n4-c4ccccc4)c32)cc1. The second kappa shape index (κ2) is 8.38. The molecule has 34 heavy (non-hydrogen) atoms. The number of aromatic nitrogens is 2. The molecule has 0 atom stereocenters. The summed E-state index contributed by atoms with van der Waals surface area (Å²) in [7, 11) is 0. The predicted octanol–water partition coefficient (Wildman–Crippen LogP) is 7.96. The fourth-order valence-corrected chi connectivity index (χ4v) is 4.74. The summed E-state index contributed by atoms with van der Waals surface area (Å²) >= 11 is 0. The number of hydrogen-bond donors (Lipinski definition) is 0. The zero-order valence-corrected chi connectivity index (χ0v) is 18.7. The number of benzene rings is 4. The van der Waals surface area contributed by atoms with Crippen molar-refractivity contribution < 1.29 is 0 Å². The van der Waals surface area contributed by atoms with Gasteiger partial charge in [0.25, 0.3) is 0 Å². The van der Waals surface area contributed by atoms with Gasteiger partial charge < -0.3 is 9.13 Å². The Morgan fingerprint density at radius 2 is 1.50 bits per heavy atom. The summed E-state index contributed by atoms with van der Waals surface area (Å²) in [6.45, 7) is 3.64. The van der Waals surface area contributed by atoms with Crippen LogP contribution in [0.25, 0.3) is 50.2 Å². The van der Waals surface area contributed by atoms with Gasteiger partial charge in [0, 0.05) is 46.1 Å². The van der Waals surface area contributed by atoms with E-state index in [1.54, 1.807) is 18.5 Å².